The fourth-order valence-electron chi connectivity index (χ4n) is 4.07. The first-order valence-electron chi connectivity index (χ1n) is 11.5. The first kappa shape index (κ1) is 27.1. The molecule has 0 saturated heterocycles. The number of allylic oxidation sites excluding steroid dienone is 5. The van der Waals surface area contributed by atoms with Crippen LogP contribution in [-0.2, 0) is 29.1 Å². The van der Waals surface area contributed by atoms with Crippen LogP contribution in [0.5, 0.6) is 0 Å². The maximum atomic E-state index is 5.79. The van der Waals surface area contributed by atoms with Gasteiger partial charge >= 0.3 is 0 Å². The summed E-state index contributed by atoms with van der Waals surface area (Å²) < 4.78 is 18.1. The van der Waals surface area contributed by atoms with Crippen molar-refractivity contribution in [3.63, 3.8) is 0 Å². The number of hydrogen-bond acceptors (Lipinski definition) is 6. The molecule has 0 fully saturated rings. The van der Waals surface area contributed by atoms with Gasteiger partial charge in [-0.2, -0.15) is 4.58 Å². The van der Waals surface area contributed by atoms with E-state index in [1.54, 1.807) is 13.2 Å². The first-order valence-corrected chi connectivity index (χ1v) is 12.2. The molecule has 1 aliphatic rings. The third-order valence-electron chi connectivity index (χ3n) is 5.81. The average molecular weight is 497 g/mol. The summed E-state index contributed by atoms with van der Waals surface area (Å²) in [5, 5.41) is 4.46. The van der Waals surface area contributed by atoms with Gasteiger partial charge in [0.1, 0.15) is 6.61 Å². The Morgan fingerprint density at radius 3 is 2.43 bits per heavy atom. The van der Waals surface area contributed by atoms with Crippen LogP contribution in [0.4, 0.5) is 5.69 Å². The fraction of sp³-hybridized carbons (Fsp3) is 0.321. The van der Waals surface area contributed by atoms with Crippen molar-refractivity contribution in [3.05, 3.63) is 85.0 Å². The molecule has 7 heteroatoms. The zero-order valence-corrected chi connectivity index (χ0v) is 21.7. The fourth-order valence-corrected chi connectivity index (χ4v) is 4.48. The minimum atomic E-state index is -0.169. The predicted molar refractivity (Wildman–Crippen MR) is 141 cm³/mol. The van der Waals surface area contributed by atoms with Gasteiger partial charge in [-0.25, -0.2) is 4.89 Å². The number of benzene rings is 2. The molecule has 0 unspecified atom stereocenters. The van der Waals surface area contributed by atoms with Gasteiger partial charge in [-0.3, -0.25) is 0 Å². The van der Waals surface area contributed by atoms with E-state index in [1.165, 1.54) is 24.1 Å². The van der Waals surface area contributed by atoms with E-state index in [2.05, 4.69) is 77.4 Å². The molecule has 1 heterocycles. The minimum Gasteiger partial charge on any atom is -0.382 e. The van der Waals surface area contributed by atoms with Gasteiger partial charge in [-0.1, -0.05) is 48.1 Å². The standard InChI is InChI=1S/C28H34NO5S/c1-6-7-8-9-10-27-28(2,3)25-21-23(22-11-14-24(15-12-22)35-34-33-31-5)13-16-26(25)29(27)17-18-32-20-19-30-4/h6-16,21H,1,17-20H2,2-5H3/q+1/b8-7+,10-9+. The third kappa shape index (κ3) is 7.01. The summed E-state index contributed by atoms with van der Waals surface area (Å²) >= 11 is 1.10. The van der Waals surface area contributed by atoms with E-state index in [-0.39, 0.29) is 5.41 Å². The summed E-state index contributed by atoms with van der Waals surface area (Å²) in [5.41, 5.74) is 5.85. The zero-order chi connectivity index (χ0) is 25.1. The first-order chi connectivity index (χ1) is 17.0. The second-order valence-corrected chi connectivity index (χ2v) is 9.16. The van der Waals surface area contributed by atoms with Gasteiger partial charge in [0.15, 0.2) is 12.3 Å². The van der Waals surface area contributed by atoms with Crippen molar-refractivity contribution in [2.45, 2.75) is 24.2 Å². The summed E-state index contributed by atoms with van der Waals surface area (Å²) in [7, 11) is 3.08. The van der Waals surface area contributed by atoms with Gasteiger partial charge in [0.05, 0.1) is 37.8 Å². The van der Waals surface area contributed by atoms with Crippen molar-refractivity contribution < 1.29 is 28.3 Å². The molecule has 0 spiro atoms. The molecular formula is C28H34NO5S+. The molecule has 0 N–H and O–H groups in total. The van der Waals surface area contributed by atoms with Gasteiger partial charge in [0.25, 0.3) is 0 Å². The van der Waals surface area contributed by atoms with Crippen molar-refractivity contribution in [1.82, 2.24) is 0 Å². The number of methoxy groups -OCH3 is 1. The summed E-state index contributed by atoms with van der Waals surface area (Å²) in [5.74, 6) is 0. The molecule has 3 rings (SSSR count). The van der Waals surface area contributed by atoms with Gasteiger partial charge in [-0.05, 0) is 49.2 Å². The molecule has 0 atom stereocenters. The average Bonchev–Trinajstić information content (AvgIpc) is 3.08. The van der Waals surface area contributed by atoms with E-state index < -0.39 is 0 Å². The molecule has 1 aliphatic heterocycles. The van der Waals surface area contributed by atoms with Crippen LogP contribution in [0.15, 0.2) is 84.3 Å². The molecule has 2 aromatic carbocycles. The molecule has 0 bridgehead atoms. The second kappa shape index (κ2) is 13.5. The van der Waals surface area contributed by atoms with Gasteiger partial charge in [0, 0.05) is 29.7 Å². The van der Waals surface area contributed by atoms with Gasteiger partial charge in [-0.15, -0.1) is 4.33 Å². The van der Waals surface area contributed by atoms with Crippen LogP contribution in [0.2, 0.25) is 0 Å². The molecule has 0 aromatic heterocycles. The summed E-state index contributed by atoms with van der Waals surface area (Å²) in [6.45, 7) is 10.9. The van der Waals surface area contributed by atoms with Crippen LogP contribution in [0.3, 0.4) is 0 Å². The lowest BCUT2D eigenvalue weighted by Gasteiger charge is -2.16. The van der Waals surface area contributed by atoms with Crippen LogP contribution in [0.1, 0.15) is 19.4 Å². The Morgan fingerprint density at radius 1 is 0.943 bits per heavy atom. The number of hydrogen-bond donors (Lipinski definition) is 0. The maximum absolute atomic E-state index is 5.79. The minimum absolute atomic E-state index is 0.169. The topological polar surface area (TPSA) is 49.2 Å². The second-order valence-electron chi connectivity index (χ2n) is 8.39. The van der Waals surface area contributed by atoms with E-state index in [0.29, 0.717) is 19.8 Å². The number of nitrogens with zero attached hydrogens (tertiary/aromatic N) is 1. The van der Waals surface area contributed by atoms with Crippen LogP contribution < -0.4 is 0 Å². The highest BCUT2D eigenvalue weighted by Crippen LogP contribution is 2.42. The summed E-state index contributed by atoms with van der Waals surface area (Å²) in [6, 6.07) is 14.8. The van der Waals surface area contributed by atoms with Crippen LogP contribution in [-0.4, -0.2) is 50.9 Å². The smallest absolute Gasteiger partial charge is 0.209 e. The van der Waals surface area contributed by atoms with Crippen LogP contribution >= 0.6 is 12.0 Å². The third-order valence-corrected chi connectivity index (χ3v) is 6.40. The van der Waals surface area contributed by atoms with Crippen molar-refractivity contribution in [3.8, 4) is 11.1 Å². The molecule has 186 valence electrons. The number of ether oxygens (including phenoxy) is 2. The summed E-state index contributed by atoms with van der Waals surface area (Å²) in [6.07, 6.45) is 9.95. The lowest BCUT2D eigenvalue weighted by molar-refractivity contribution is -0.447. The van der Waals surface area contributed by atoms with E-state index in [9.17, 15) is 0 Å². The van der Waals surface area contributed by atoms with Crippen molar-refractivity contribution >= 4 is 23.4 Å². The zero-order valence-electron chi connectivity index (χ0n) is 20.9. The molecular weight excluding hydrogens is 462 g/mol. The van der Waals surface area contributed by atoms with Gasteiger partial charge in [0.2, 0.25) is 5.69 Å². The summed E-state index contributed by atoms with van der Waals surface area (Å²) in [4.78, 5) is 5.36. The molecule has 0 amide bonds. The van der Waals surface area contributed by atoms with E-state index in [4.69, 9.17) is 13.8 Å². The highest BCUT2D eigenvalue weighted by atomic mass is 32.2. The monoisotopic (exact) mass is 496 g/mol. The van der Waals surface area contributed by atoms with Crippen LogP contribution in [0.25, 0.3) is 11.1 Å². The Labute approximate surface area is 212 Å². The Morgan fingerprint density at radius 2 is 1.71 bits per heavy atom. The lowest BCUT2D eigenvalue weighted by Crippen LogP contribution is -2.28. The molecule has 0 aliphatic carbocycles. The van der Waals surface area contributed by atoms with Crippen molar-refractivity contribution in [2.75, 3.05) is 40.6 Å². The molecule has 6 nitrogen and oxygen atoms in total. The van der Waals surface area contributed by atoms with Gasteiger partial charge < -0.3 is 9.47 Å². The SMILES string of the molecule is C=C/C=C/C=C/C1=[N+](CCOCCOC)c2ccc(-c3ccc(SOOOC)cc3)cc2C1(C)C. The molecule has 0 radical (unpaired) electrons. The lowest BCUT2D eigenvalue weighted by atomic mass is 9.80. The largest absolute Gasteiger partial charge is 0.382 e. The molecule has 0 saturated carbocycles. The quantitative estimate of drug-likeness (QED) is 0.0774. The number of fused-ring (bicyclic) bond motifs is 1. The Hall–Kier alpha value is -2.52. The predicted octanol–water partition coefficient (Wildman–Crippen LogP) is 6.21. The van der Waals surface area contributed by atoms with Crippen molar-refractivity contribution in [2.24, 2.45) is 0 Å². The van der Waals surface area contributed by atoms with Crippen molar-refractivity contribution in [1.29, 1.82) is 0 Å². The van der Waals surface area contributed by atoms with E-state index in [0.717, 1.165) is 34.6 Å². The maximum Gasteiger partial charge on any atom is 0.209 e. The highest BCUT2D eigenvalue weighted by Gasteiger charge is 2.44. The Bertz CT molecular complexity index is 1070. The number of rotatable bonds is 14. The molecule has 2 aromatic rings. The van der Waals surface area contributed by atoms with Crippen LogP contribution in [0, 0.1) is 0 Å². The van der Waals surface area contributed by atoms with E-state index >= 15 is 0 Å². The Kier molecular flexibility index (Phi) is 10.5. The highest BCUT2D eigenvalue weighted by molar-refractivity contribution is 7.94. The Balaban J connectivity index is 1.88. The van der Waals surface area contributed by atoms with E-state index in [1.807, 2.05) is 24.3 Å². The molecule has 35 heavy (non-hydrogen) atoms. The normalized spacial score (nSPS) is 14.9.